The highest BCUT2D eigenvalue weighted by Gasteiger charge is 2.17. The molecule has 0 amide bonds. The van der Waals surface area contributed by atoms with Gasteiger partial charge in [0.05, 0.1) is 11.6 Å². The fourth-order valence-electron chi connectivity index (χ4n) is 2.29. The molecule has 0 fully saturated rings. The maximum absolute atomic E-state index is 6.03. The van der Waals surface area contributed by atoms with E-state index < -0.39 is 0 Å². The predicted octanol–water partition coefficient (Wildman–Crippen LogP) is 3.57. The molecule has 0 saturated heterocycles. The molecule has 0 saturated carbocycles. The van der Waals surface area contributed by atoms with Crippen molar-refractivity contribution >= 4 is 38.7 Å². The third-order valence-electron chi connectivity index (χ3n) is 3.06. The molecule has 4 nitrogen and oxygen atoms in total. The Labute approximate surface area is 124 Å². The Balaban J connectivity index is 2.38. The van der Waals surface area contributed by atoms with Crippen molar-refractivity contribution in [1.82, 2.24) is 19.3 Å². The maximum Gasteiger partial charge on any atom is 0.163 e. The second kappa shape index (κ2) is 4.65. The number of benzene rings is 1. The minimum absolute atomic E-state index is 0.362. The van der Waals surface area contributed by atoms with E-state index in [2.05, 4.69) is 26.0 Å². The fraction of sp³-hybridized carbons (Fsp3) is 0.231. The van der Waals surface area contributed by atoms with Gasteiger partial charge in [0.1, 0.15) is 11.3 Å². The predicted molar refractivity (Wildman–Crippen MR) is 79.8 cm³/mol. The number of alkyl halides is 1. The Hall–Kier alpha value is -1.33. The van der Waals surface area contributed by atoms with Gasteiger partial charge in [-0.3, -0.25) is 4.57 Å². The van der Waals surface area contributed by atoms with Gasteiger partial charge in [-0.15, -0.1) is 11.6 Å². The molecule has 2 heterocycles. The molecule has 2 aromatic heterocycles. The molecule has 6 heteroatoms. The summed E-state index contributed by atoms with van der Waals surface area (Å²) in [6, 6.07) is 8.06. The number of aryl methyl sites for hydroxylation is 2. The number of halogens is 2. The van der Waals surface area contributed by atoms with Crippen molar-refractivity contribution in [3.05, 3.63) is 40.3 Å². The van der Waals surface area contributed by atoms with Crippen molar-refractivity contribution in [3.63, 3.8) is 0 Å². The zero-order valence-electron chi connectivity index (χ0n) is 10.6. The van der Waals surface area contributed by atoms with E-state index >= 15 is 0 Å². The van der Waals surface area contributed by atoms with Gasteiger partial charge >= 0.3 is 0 Å². The largest absolute Gasteiger partial charge is 0.280 e. The minimum atomic E-state index is 0.362. The number of aromatic nitrogens is 4. The third kappa shape index (κ3) is 1.97. The van der Waals surface area contributed by atoms with Crippen LogP contribution in [-0.4, -0.2) is 19.3 Å². The quantitative estimate of drug-likeness (QED) is 0.669. The van der Waals surface area contributed by atoms with E-state index in [0.717, 1.165) is 32.8 Å². The van der Waals surface area contributed by atoms with Crippen LogP contribution in [0.2, 0.25) is 0 Å². The summed E-state index contributed by atoms with van der Waals surface area (Å²) in [5, 5.41) is 4.41. The summed E-state index contributed by atoms with van der Waals surface area (Å²) >= 11 is 9.52. The zero-order chi connectivity index (χ0) is 13.6. The van der Waals surface area contributed by atoms with Crippen LogP contribution in [0.5, 0.6) is 0 Å². The zero-order valence-corrected chi connectivity index (χ0v) is 12.9. The average molecular weight is 340 g/mol. The first kappa shape index (κ1) is 12.7. The van der Waals surface area contributed by atoms with Gasteiger partial charge in [-0.1, -0.05) is 22.0 Å². The second-order valence-electron chi connectivity index (χ2n) is 4.36. The van der Waals surface area contributed by atoms with Gasteiger partial charge in [-0.25, -0.2) is 9.67 Å². The summed E-state index contributed by atoms with van der Waals surface area (Å²) in [6.07, 6.45) is 0. The minimum Gasteiger partial charge on any atom is -0.280 e. The highest BCUT2D eigenvalue weighted by atomic mass is 79.9. The Bertz CT molecular complexity index is 759. The van der Waals surface area contributed by atoms with Gasteiger partial charge in [0.2, 0.25) is 0 Å². The lowest BCUT2D eigenvalue weighted by Gasteiger charge is -2.08. The van der Waals surface area contributed by atoms with Crippen LogP contribution in [0.3, 0.4) is 0 Å². The first-order valence-corrected chi connectivity index (χ1v) is 7.17. The Morgan fingerprint density at radius 2 is 2.16 bits per heavy atom. The van der Waals surface area contributed by atoms with Crippen molar-refractivity contribution in [1.29, 1.82) is 0 Å². The van der Waals surface area contributed by atoms with Gasteiger partial charge in [-0.05, 0) is 25.1 Å². The van der Waals surface area contributed by atoms with Crippen molar-refractivity contribution in [2.45, 2.75) is 12.8 Å². The normalized spacial score (nSPS) is 11.4. The van der Waals surface area contributed by atoms with Gasteiger partial charge in [0, 0.05) is 17.2 Å². The van der Waals surface area contributed by atoms with E-state index in [-0.39, 0.29) is 0 Å². The standard InChI is InChI=1S/C13H12BrClN4/c1-8-12-13(18(2)17-8)19(11(7-15)16-12)10-5-3-4-9(14)6-10/h3-6H,7H2,1-2H3. The summed E-state index contributed by atoms with van der Waals surface area (Å²) in [5.74, 6) is 1.19. The Kier molecular flexibility index (Phi) is 3.11. The highest BCUT2D eigenvalue weighted by Crippen LogP contribution is 2.25. The van der Waals surface area contributed by atoms with Gasteiger partial charge in [0.25, 0.3) is 0 Å². The molecule has 3 aromatic rings. The fourth-order valence-corrected chi connectivity index (χ4v) is 2.86. The SMILES string of the molecule is Cc1nn(C)c2c1nc(CCl)n2-c1cccc(Br)c1. The van der Waals surface area contributed by atoms with Gasteiger partial charge < -0.3 is 0 Å². The molecule has 0 aliphatic rings. The summed E-state index contributed by atoms with van der Waals surface area (Å²) in [7, 11) is 1.92. The van der Waals surface area contributed by atoms with Gasteiger partial charge in [0.15, 0.2) is 5.65 Å². The van der Waals surface area contributed by atoms with Gasteiger partial charge in [-0.2, -0.15) is 5.10 Å². The highest BCUT2D eigenvalue weighted by molar-refractivity contribution is 9.10. The van der Waals surface area contributed by atoms with E-state index in [0.29, 0.717) is 5.88 Å². The molecule has 98 valence electrons. The van der Waals surface area contributed by atoms with Crippen molar-refractivity contribution in [2.24, 2.45) is 7.05 Å². The summed E-state index contributed by atoms with van der Waals surface area (Å²) in [5.41, 5.74) is 3.80. The van der Waals surface area contributed by atoms with Crippen LogP contribution < -0.4 is 0 Å². The molecule has 0 bridgehead atoms. The second-order valence-corrected chi connectivity index (χ2v) is 5.54. The number of imidazole rings is 1. The van der Waals surface area contributed by atoms with Crippen molar-refractivity contribution in [2.75, 3.05) is 0 Å². The number of hydrogen-bond acceptors (Lipinski definition) is 2. The van der Waals surface area contributed by atoms with E-state index in [1.807, 2.05) is 47.5 Å². The van der Waals surface area contributed by atoms with E-state index in [1.165, 1.54) is 0 Å². The smallest absolute Gasteiger partial charge is 0.163 e. The number of fused-ring (bicyclic) bond motifs is 1. The van der Waals surface area contributed by atoms with Crippen LogP contribution in [0.25, 0.3) is 16.9 Å². The van der Waals surface area contributed by atoms with E-state index in [1.54, 1.807) is 0 Å². The molecule has 0 spiro atoms. The van der Waals surface area contributed by atoms with Crippen molar-refractivity contribution in [3.8, 4) is 5.69 Å². The van der Waals surface area contributed by atoms with Crippen LogP contribution in [-0.2, 0) is 12.9 Å². The van der Waals surface area contributed by atoms with Crippen LogP contribution in [0.1, 0.15) is 11.5 Å². The van der Waals surface area contributed by atoms with Crippen LogP contribution in [0, 0.1) is 6.92 Å². The van der Waals surface area contributed by atoms with E-state index in [9.17, 15) is 0 Å². The van der Waals surface area contributed by atoms with Crippen LogP contribution in [0.4, 0.5) is 0 Å². The first-order chi connectivity index (χ1) is 9.11. The lowest BCUT2D eigenvalue weighted by atomic mass is 10.3. The van der Waals surface area contributed by atoms with E-state index in [4.69, 9.17) is 11.6 Å². The summed E-state index contributed by atoms with van der Waals surface area (Å²) in [6.45, 7) is 1.96. The molecular formula is C13H12BrClN4. The molecule has 0 N–H and O–H groups in total. The molecule has 1 aromatic carbocycles. The monoisotopic (exact) mass is 338 g/mol. The summed E-state index contributed by atoms with van der Waals surface area (Å²) < 4.78 is 4.91. The number of hydrogen-bond donors (Lipinski definition) is 0. The molecule has 0 aliphatic heterocycles. The first-order valence-electron chi connectivity index (χ1n) is 5.84. The Morgan fingerprint density at radius 1 is 1.37 bits per heavy atom. The lowest BCUT2D eigenvalue weighted by molar-refractivity contribution is 0.755. The molecule has 3 rings (SSSR count). The summed E-state index contributed by atoms with van der Waals surface area (Å²) in [4.78, 5) is 4.59. The molecule has 0 atom stereocenters. The Morgan fingerprint density at radius 3 is 2.84 bits per heavy atom. The average Bonchev–Trinajstić information content (AvgIpc) is 2.88. The molecule has 0 unspecified atom stereocenters. The lowest BCUT2D eigenvalue weighted by Crippen LogP contribution is -2.04. The molecular weight excluding hydrogens is 328 g/mol. The topological polar surface area (TPSA) is 35.6 Å². The van der Waals surface area contributed by atoms with Crippen LogP contribution in [0.15, 0.2) is 28.7 Å². The third-order valence-corrected chi connectivity index (χ3v) is 3.79. The number of rotatable bonds is 2. The maximum atomic E-state index is 6.03. The van der Waals surface area contributed by atoms with Crippen molar-refractivity contribution < 1.29 is 0 Å². The number of nitrogens with zero attached hydrogens (tertiary/aromatic N) is 4. The van der Waals surface area contributed by atoms with Crippen LogP contribution >= 0.6 is 27.5 Å². The molecule has 0 aliphatic carbocycles. The molecule has 19 heavy (non-hydrogen) atoms. The molecule has 0 radical (unpaired) electrons.